The smallest absolute Gasteiger partial charge is 0.241 e. The molecule has 0 saturated carbocycles. The highest BCUT2D eigenvalue weighted by molar-refractivity contribution is 7.89. The van der Waals surface area contributed by atoms with Gasteiger partial charge in [0.1, 0.15) is 11.6 Å². The van der Waals surface area contributed by atoms with Crippen molar-refractivity contribution in [3.63, 3.8) is 0 Å². The molecule has 8 heteroatoms. The van der Waals surface area contributed by atoms with Crippen molar-refractivity contribution in [3.8, 4) is 5.75 Å². The Morgan fingerprint density at radius 1 is 1.07 bits per heavy atom. The first kappa shape index (κ1) is 20.9. The fraction of sp³-hybridized carbons (Fsp3) is 0.316. The molecule has 0 fully saturated rings. The maximum absolute atomic E-state index is 13.0. The molecule has 1 amide bonds. The molecule has 2 aromatic carbocycles. The second kappa shape index (κ2) is 8.96. The van der Waals surface area contributed by atoms with E-state index < -0.39 is 28.0 Å². The molecule has 2 unspecified atom stereocenters. The quantitative estimate of drug-likeness (QED) is 0.721. The Balaban J connectivity index is 2.00. The first-order valence-electron chi connectivity index (χ1n) is 8.54. The first-order chi connectivity index (χ1) is 12.7. The van der Waals surface area contributed by atoms with Crippen LogP contribution in [-0.4, -0.2) is 27.0 Å². The van der Waals surface area contributed by atoms with Crippen LogP contribution < -0.4 is 14.8 Å². The highest BCUT2D eigenvalue weighted by Gasteiger charge is 2.23. The van der Waals surface area contributed by atoms with Crippen LogP contribution in [0.15, 0.2) is 53.4 Å². The molecule has 0 radical (unpaired) electrons. The maximum Gasteiger partial charge on any atom is 0.241 e. The van der Waals surface area contributed by atoms with Gasteiger partial charge in [0, 0.05) is 0 Å². The highest BCUT2D eigenvalue weighted by Crippen LogP contribution is 2.17. The van der Waals surface area contributed by atoms with Crippen LogP contribution in [0.4, 0.5) is 4.39 Å². The van der Waals surface area contributed by atoms with Gasteiger partial charge in [-0.1, -0.05) is 12.1 Å². The van der Waals surface area contributed by atoms with Gasteiger partial charge < -0.3 is 10.1 Å². The summed E-state index contributed by atoms with van der Waals surface area (Å²) >= 11 is 0. The molecule has 0 bridgehead atoms. The minimum Gasteiger partial charge on any atom is -0.494 e. The second-order valence-electron chi connectivity index (χ2n) is 6.03. The number of ether oxygens (including phenoxy) is 1. The van der Waals surface area contributed by atoms with Crippen molar-refractivity contribution >= 4 is 15.9 Å². The van der Waals surface area contributed by atoms with Crippen LogP contribution in [0.3, 0.4) is 0 Å². The first-order valence-corrected chi connectivity index (χ1v) is 10.0. The Hall–Kier alpha value is -2.45. The standard InChI is InChI=1S/C19H23FN2O4S/c1-4-26-17-9-11-18(12-10-17)27(24,25)22-14(3)19(23)21-13(2)15-5-7-16(20)8-6-15/h5-14,22H,4H2,1-3H3,(H,21,23). The molecule has 2 N–H and O–H groups in total. The molecule has 0 aliphatic carbocycles. The highest BCUT2D eigenvalue weighted by atomic mass is 32.2. The van der Waals surface area contributed by atoms with E-state index in [0.29, 0.717) is 17.9 Å². The molecule has 0 saturated heterocycles. The predicted octanol–water partition coefficient (Wildman–Crippen LogP) is 2.77. The molecule has 0 aliphatic heterocycles. The number of amides is 1. The van der Waals surface area contributed by atoms with Gasteiger partial charge in [0.15, 0.2) is 0 Å². The summed E-state index contributed by atoms with van der Waals surface area (Å²) in [5.74, 6) is -0.287. The summed E-state index contributed by atoms with van der Waals surface area (Å²) in [6.07, 6.45) is 0. The number of carbonyl (C=O) groups excluding carboxylic acids is 1. The Bertz CT molecular complexity index is 868. The molecular weight excluding hydrogens is 371 g/mol. The Labute approximate surface area is 158 Å². The van der Waals surface area contributed by atoms with E-state index in [1.807, 2.05) is 6.92 Å². The summed E-state index contributed by atoms with van der Waals surface area (Å²) < 4.78 is 45.5. The molecule has 2 aromatic rings. The number of rotatable bonds is 8. The van der Waals surface area contributed by atoms with Crippen molar-refractivity contribution in [1.82, 2.24) is 10.0 Å². The van der Waals surface area contributed by atoms with Crippen LogP contribution in [0.25, 0.3) is 0 Å². The molecule has 2 rings (SSSR count). The van der Waals surface area contributed by atoms with E-state index in [1.54, 1.807) is 31.2 Å². The average Bonchev–Trinajstić information content (AvgIpc) is 2.62. The Morgan fingerprint density at radius 2 is 1.67 bits per heavy atom. The molecule has 0 aliphatic rings. The summed E-state index contributed by atoms with van der Waals surface area (Å²) in [6, 6.07) is 10.3. The molecule has 0 aromatic heterocycles. The molecular formula is C19H23FN2O4S. The molecule has 27 heavy (non-hydrogen) atoms. The van der Waals surface area contributed by atoms with E-state index in [-0.39, 0.29) is 10.7 Å². The van der Waals surface area contributed by atoms with Crippen LogP contribution in [-0.2, 0) is 14.8 Å². The summed E-state index contributed by atoms with van der Waals surface area (Å²) in [7, 11) is -3.86. The van der Waals surface area contributed by atoms with Crippen LogP contribution in [0.5, 0.6) is 5.75 Å². The van der Waals surface area contributed by atoms with Gasteiger partial charge in [-0.15, -0.1) is 0 Å². The zero-order valence-electron chi connectivity index (χ0n) is 15.4. The zero-order valence-corrected chi connectivity index (χ0v) is 16.2. The van der Waals surface area contributed by atoms with E-state index in [4.69, 9.17) is 4.74 Å². The second-order valence-corrected chi connectivity index (χ2v) is 7.74. The van der Waals surface area contributed by atoms with Crippen molar-refractivity contribution < 1.29 is 22.3 Å². The lowest BCUT2D eigenvalue weighted by Gasteiger charge is -2.19. The Morgan fingerprint density at radius 3 is 2.22 bits per heavy atom. The number of sulfonamides is 1. The number of hydrogen-bond donors (Lipinski definition) is 2. The van der Waals surface area contributed by atoms with Crippen molar-refractivity contribution in [2.45, 2.75) is 37.8 Å². The predicted molar refractivity (Wildman–Crippen MR) is 100 cm³/mol. The third-order valence-electron chi connectivity index (χ3n) is 3.90. The maximum atomic E-state index is 13.0. The monoisotopic (exact) mass is 394 g/mol. The lowest BCUT2D eigenvalue weighted by molar-refractivity contribution is -0.123. The number of hydrogen-bond acceptors (Lipinski definition) is 4. The van der Waals surface area contributed by atoms with Crippen molar-refractivity contribution in [3.05, 3.63) is 59.9 Å². The summed E-state index contributed by atoms with van der Waals surface area (Å²) in [6.45, 7) is 5.50. The van der Waals surface area contributed by atoms with E-state index >= 15 is 0 Å². The van der Waals surface area contributed by atoms with Crippen LogP contribution in [0.2, 0.25) is 0 Å². The summed E-state index contributed by atoms with van der Waals surface area (Å²) in [5, 5.41) is 2.71. The van der Waals surface area contributed by atoms with Gasteiger partial charge in [0.05, 0.1) is 23.6 Å². The van der Waals surface area contributed by atoms with Crippen molar-refractivity contribution in [2.75, 3.05) is 6.61 Å². The lowest BCUT2D eigenvalue weighted by atomic mass is 10.1. The summed E-state index contributed by atoms with van der Waals surface area (Å²) in [5.41, 5.74) is 0.714. The van der Waals surface area contributed by atoms with E-state index in [0.717, 1.165) is 0 Å². The lowest BCUT2D eigenvalue weighted by Crippen LogP contribution is -2.45. The van der Waals surface area contributed by atoms with Gasteiger partial charge >= 0.3 is 0 Å². The SMILES string of the molecule is CCOc1ccc(S(=O)(=O)NC(C)C(=O)NC(C)c2ccc(F)cc2)cc1. The largest absolute Gasteiger partial charge is 0.494 e. The zero-order chi connectivity index (χ0) is 20.0. The fourth-order valence-electron chi connectivity index (χ4n) is 2.41. The third kappa shape index (κ3) is 5.77. The molecule has 6 nitrogen and oxygen atoms in total. The fourth-order valence-corrected chi connectivity index (χ4v) is 3.61. The Kier molecular flexibility index (Phi) is 6.92. The van der Waals surface area contributed by atoms with E-state index in [9.17, 15) is 17.6 Å². The van der Waals surface area contributed by atoms with Gasteiger partial charge in [0.2, 0.25) is 15.9 Å². The molecule has 0 heterocycles. The van der Waals surface area contributed by atoms with E-state index in [2.05, 4.69) is 10.0 Å². The van der Waals surface area contributed by atoms with Crippen LogP contribution >= 0.6 is 0 Å². The summed E-state index contributed by atoms with van der Waals surface area (Å²) in [4.78, 5) is 12.3. The number of carbonyl (C=O) groups is 1. The average molecular weight is 394 g/mol. The van der Waals surface area contributed by atoms with E-state index in [1.165, 1.54) is 31.2 Å². The normalized spacial score (nSPS) is 13.6. The minimum atomic E-state index is -3.86. The van der Waals surface area contributed by atoms with Crippen molar-refractivity contribution in [2.24, 2.45) is 0 Å². The molecule has 0 spiro atoms. The third-order valence-corrected chi connectivity index (χ3v) is 5.46. The number of nitrogens with one attached hydrogen (secondary N) is 2. The molecule has 146 valence electrons. The van der Waals surface area contributed by atoms with Crippen molar-refractivity contribution in [1.29, 1.82) is 0 Å². The minimum absolute atomic E-state index is 0.0391. The number of benzene rings is 2. The van der Waals surface area contributed by atoms with Gasteiger partial charge in [-0.3, -0.25) is 4.79 Å². The van der Waals surface area contributed by atoms with Gasteiger partial charge in [-0.25, -0.2) is 12.8 Å². The van der Waals surface area contributed by atoms with Crippen LogP contribution in [0.1, 0.15) is 32.4 Å². The van der Waals surface area contributed by atoms with Gasteiger partial charge in [-0.05, 0) is 62.7 Å². The topological polar surface area (TPSA) is 84.5 Å². The van der Waals surface area contributed by atoms with Gasteiger partial charge in [0.25, 0.3) is 0 Å². The van der Waals surface area contributed by atoms with Crippen LogP contribution in [0, 0.1) is 5.82 Å². The molecule has 2 atom stereocenters. The number of halogens is 1. The van der Waals surface area contributed by atoms with Gasteiger partial charge in [-0.2, -0.15) is 4.72 Å².